The molecule has 0 unspecified atom stereocenters. The van der Waals surface area contributed by atoms with Crippen molar-refractivity contribution < 1.29 is 4.79 Å². The molecule has 1 heterocycles. The Hall–Kier alpha value is -3.27. The van der Waals surface area contributed by atoms with Gasteiger partial charge in [0.15, 0.2) is 0 Å². The van der Waals surface area contributed by atoms with Crippen LogP contribution in [-0.2, 0) is 6.54 Å². The third-order valence-electron chi connectivity index (χ3n) is 4.77. The number of fused-ring (bicyclic) bond motifs is 3. The van der Waals surface area contributed by atoms with Crippen molar-refractivity contribution in [3.8, 4) is 0 Å². The molecule has 0 amide bonds. The lowest BCUT2D eigenvalue weighted by molar-refractivity contribution is 0.112. The third-order valence-corrected chi connectivity index (χ3v) is 4.77. The molecule has 1 aromatic heterocycles. The van der Waals surface area contributed by atoms with E-state index in [9.17, 15) is 4.79 Å². The first-order chi connectivity index (χ1) is 12.7. The van der Waals surface area contributed by atoms with E-state index in [0.717, 1.165) is 35.1 Å². The topological polar surface area (TPSA) is 37.3 Å². The van der Waals surface area contributed by atoms with E-state index in [2.05, 4.69) is 35.1 Å². The largest absolute Gasteiger partial charge is 0.339 e. The van der Waals surface area contributed by atoms with Crippen molar-refractivity contribution in [1.82, 2.24) is 4.57 Å². The molecule has 4 heteroatoms. The quantitative estimate of drug-likeness (QED) is 0.405. The van der Waals surface area contributed by atoms with Gasteiger partial charge in [-0.15, -0.1) is 0 Å². The summed E-state index contributed by atoms with van der Waals surface area (Å²) in [6, 6.07) is 22.3. The zero-order valence-electron chi connectivity index (χ0n) is 14.9. The molecule has 0 atom stereocenters. The van der Waals surface area contributed by atoms with E-state index in [0.29, 0.717) is 5.56 Å². The predicted molar refractivity (Wildman–Crippen MR) is 109 cm³/mol. The van der Waals surface area contributed by atoms with Crippen molar-refractivity contribution in [3.05, 3.63) is 72.3 Å². The maximum Gasteiger partial charge on any atom is 0.150 e. The number of hydrogen-bond donors (Lipinski definition) is 1. The lowest BCUT2D eigenvalue weighted by Gasteiger charge is -2.23. The first-order valence-corrected chi connectivity index (χ1v) is 8.78. The zero-order valence-corrected chi connectivity index (χ0v) is 14.9. The molecule has 0 bridgehead atoms. The molecule has 0 saturated carbocycles. The first kappa shape index (κ1) is 16.2. The number of hydrogen-bond acceptors (Lipinski definition) is 3. The van der Waals surface area contributed by atoms with Crippen LogP contribution in [0.3, 0.4) is 0 Å². The van der Waals surface area contributed by atoms with Gasteiger partial charge in [-0.05, 0) is 37.3 Å². The highest BCUT2D eigenvalue weighted by Crippen LogP contribution is 2.35. The molecule has 3 aromatic carbocycles. The van der Waals surface area contributed by atoms with Gasteiger partial charge in [-0.2, -0.15) is 0 Å². The second-order valence-electron chi connectivity index (χ2n) is 6.35. The Balaban J connectivity index is 1.94. The molecular formula is C22H21N3O. The molecular weight excluding hydrogens is 322 g/mol. The van der Waals surface area contributed by atoms with E-state index in [1.54, 1.807) is 0 Å². The van der Waals surface area contributed by atoms with E-state index in [1.165, 1.54) is 10.9 Å². The van der Waals surface area contributed by atoms with Gasteiger partial charge in [0.1, 0.15) is 6.29 Å². The monoisotopic (exact) mass is 343 g/mol. The Morgan fingerprint density at radius 1 is 1.00 bits per heavy atom. The molecule has 4 aromatic rings. The molecule has 1 N–H and O–H groups in total. The van der Waals surface area contributed by atoms with Crippen LogP contribution in [0.2, 0.25) is 0 Å². The van der Waals surface area contributed by atoms with Gasteiger partial charge in [0, 0.05) is 35.4 Å². The van der Waals surface area contributed by atoms with Crippen LogP contribution < -0.4 is 10.4 Å². The van der Waals surface area contributed by atoms with Crippen LogP contribution in [0.25, 0.3) is 21.8 Å². The number of hydrazine groups is 1. The van der Waals surface area contributed by atoms with Gasteiger partial charge in [-0.3, -0.25) is 15.2 Å². The fourth-order valence-corrected chi connectivity index (χ4v) is 3.59. The molecule has 130 valence electrons. The third kappa shape index (κ3) is 2.60. The minimum Gasteiger partial charge on any atom is -0.339 e. The zero-order chi connectivity index (χ0) is 18.1. The van der Waals surface area contributed by atoms with Crippen LogP contribution in [0.5, 0.6) is 0 Å². The second-order valence-corrected chi connectivity index (χ2v) is 6.35. The second kappa shape index (κ2) is 6.56. The van der Waals surface area contributed by atoms with Crippen LogP contribution in [-0.4, -0.2) is 17.9 Å². The maximum absolute atomic E-state index is 11.5. The normalized spacial score (nSPS) is 11.0. The number of carbonyl (C=O) groups excluding carboxylic acids is 1. The number of aryl methyl sites for hydroxylation is 1. The molecule has 0 spiro atoms. The Morgan fingerprint density at radius 2 is 1.73 bits per heavy atom. The number of benzene rings is 3. The van der Waals surface area contributed by atoms with Crippen molar-refractivity contribution in [2.75, 3.05) is 17.5 Å². The fourth-order valence-electron chi connectivity index (χ4n) is 3.59. The molecule has 26 heavy (non-hydrogen) atoms. The van der Waals surface area contributed by atoms with Crippen LogP contribution in [0, 0.1) is 0 Å². The number of carbonyl (C=O) groups is 1. The SMILES string of the molecule is CCn1c2ccccc2c2cc(C=O)cc(NN(C)c3ccccc3)c21. The number of anilines is 2. The lowest BCUT2D eigenvalue weighted by Crippen LogP contribution is -2.25. The van der Waals surface area contributed by atoms with Gasteiger partial charge >= 0.3 is 0 Å². The van der Waals surface area contributed by atoms with Gasteiger partial charge < -0.3 is 4.57 Å². The van der Waals surface area contributed by atoms with Crippen molar-refractivity contribution in [1.29, 1.82) is 0 Å². The minimum absolute atomic E-state index is 0.667. The van der Waals surface area contributed by atoms with Gasteiger partial charge in [0.05, 0.1) is 16.9 Å². The van der Waals surface area contributed by atoms with E-state index < -0.39 is 0 Å². The summed E-state index contributed by atoms with van der Waals surface area (Å²) in [6.45, 7) is 3.00. The number of para-hydroxylation sites is 2. The van der Waals surface area contributed by atoms with Gasteiger partial charge in [-0.1, -0.05) is 36.4 Å². The summed E-state index contributed by atoms with van der Waals surface area (Å²) in [7, 11) is 1.98. The predicted octanol–water partition coefficient (Wildman–Crippen LogP) is 5.09. The average Bonchev–Trinajstić information content (AvgIpc) is 3.02. The Labute approximate surface area is 152 Å². The minimum atomic E-state index is 0.667. The molecule has 0 saturated heterocycles. The van der Waals surface area contributed by atoms with Crippen LogP contribution >= 0.6 is 0 Å². The Morgan fingerprint density at radius 3 is 2.46 bits per heavy atom. The molecule has 0 aliphatic heterocycles. The van der Waals surface area contributed by atoms with Gasteiger partial charge in [0.2, 0.25) is 0 Å². The Kier molecular flexibility index (Phi) is 4.09. The summed E-state index contributed by atoms with van der Waals surface area (Å²) in [5.41, 5.74) is 8.40. The summed E-state index contributed by atoms with van der Waals surface area (Å²) in [5, 5.41) is 4.23. The number of aldehydes is 1. The van der Waals surface area contributed by atoms with E-state index >= 15 is 0 Å². The van der Waals surface area contributed by atoms with Crippen molar-refractivity contribution >= 4 is 39.5 Å². The standard InChI is InChI=1S/C22H21N3O/c1-3-25-21-12-8-7-11-18(21)19-13-16(15-26)14-20(22(19)25)23-24(2)17-9-5-4-6-10-17/h4-15,23H,3H2,1-2H3. The fraction of sp³-hybridized carbons (Fsp3) is 0.136. The summed E-state index contributed by atoms with van der Waals surface area (Å²) in [6.07, 6.45) is 0.908. The van der Waals surface area contributed by atoms with E-state index in [1.807, 2.05) is 60.6 Å². The Bertz CT molecular complexity index is 1080. The van der Waals surface area contributed by atoms with Crippen LogP contribution in [0.4, 0.5) is 11.4 Å². The van der Waals surface area contributed by atoms with E-state index in [-0.39, 0.29) is 0 Å². The molecule has 0 fully saturated rings. The molecule has 0 radical (unpaired) electrons. The van der Waals surface area contributed by atoms with Crippen molar-refractivity contribution in [3.63, 3.8) is 0 Å². The summed E-state index contributed by atoms with van der Waals surface area (Å²) in [5.74, 6) is 0. The summed E-state index contributed by atoms with van der Waals surface area (Å²) >= 11 is 0. The number of aromatic nitrogens is 1. The molecule has 4 nitrogen and oxygen atoms in total. The highest BCUT2D eigenvalue weighted by molar-refractivity contribution is 6.13. The summed E-state index contributed by atoms with van der Waals surface area (Å²) in [4.78, 5) is 11.5. The van der Waals surface area contributed by atoms with E-state index in [4.69, 9.17) is 0 Å². The number of rotatable bonds is 5. The summed E-state index contributed by atoms with van der Waals surface area (Å²) < 4.78 is 2.29. The first-order valence-electron chi connectivity index (χ1n) is 8.78. The molecule has 0 aliphatic carbocycles. The van der Waals surface area contributed by atoms with Crippen molar-refractivity contribution in [2.24, 2.45) is 0 Å². The van der Waals surface area contributed by atoms with Gasteiger partial charge in [-0.25, -0.2) is 0 Å². The van der Waals surface area contributed by atoms with Crippen LogP contribution in [0.15, 0.2) is 66.7 Å². The smallest absolute Gasteiger partial charge is 0.150 e. The lowest BCUT2D eigenvalue weighted by atomic mass is 10.1. The van der Waals surface area contributed by atoms with Crippen LogP contribution in [0.1, 0.15) is 17.3 Å². The average molecular weight is 343 g/mol. The number of nitrogens with one attached hydrogen (secondary N) is 1. The highest BCUT2D eigenvalue weighted by atomic mass is 16.1. The number of nitrogens with zero attached hydrogens (tertiary/aromatic N) is 2. The maximum atomic E-state index is 11.5. The molecule has 0 aliphatic rings. The highest BCUT2D eigenvalue weighted by Gasteiger charge is 2.15. The molecule has 4 rings (SSSR count). The van der Waals surface area contributed by atoms with Crippen molar-refractivity contribution in [2.45, 2.75) is 13.5 Å². The van der Waals surface area contributed by atoms with Gasteiger partial charge in [0.25, 0.3) is 0 Å².